The number of carbonyl (C=O) groups excluding carboxylic acids is 1. The summed E-state index contributed by atoms with van der Waals surface area (Å²) in [6.07, 6.45) is 0. The van der Waals surface area contributed by atoms with Crippen molar-refractivity contribution in [2.45, 2.75) is 11.4 Å². The second kappa shape index (κ2) is 5.45. The van der Waals surface area contributed by atoms with Gasteiger partial charge in [-0.15, -0.1) is 5.11 Å². The van der Waals surface area contributed by atoms with E-state index in [1.165, 1.54) is 6.92 Å². The number of ketones is 1. The Morgan fingerprint density at radius 2 is 2.06 bits per heavy atom. The van der Waals surface area contributed by atoms with Gasteiger partial charge in [-0.2, -0.15) is 5.11 Å². The molecule has 1 aromatic carbocycles. The van der Waals surface area contributed by atoms with E-state index in [1.54, 1.807) is 18.2 Å². The summed E-state index contributed by atoms with van der Waals surface area (Å²) in [5, 5.41) is 7.63. The van der Waals surface area contributed by atoms with Crippen LogP contribution in [0.25, 0.3) is 0 Å². The van der Waals surface area contributed by atoms with Crippen LogP contribution in [0.3, 0.4) is 0 Å². The molecule has 16 heavy (non-hydrogen) atoms. The highest BCUT2D eigenvalue weighted by molar-refractivity contribution is 9.10. The zero-order valence-electron chi connectivity index (χ0n) is 8.05. The molecule has 7 heteroatoms. The summed E-state index contributed by atoms with van der Waals surface area (Å²) in [6, 6.07) is 5.01. The lowest BCUT2D eigenvalue weighted by Gasteiger charge is -2.07. The van der Waals surface area contributed by atoms with Gasteiger partial charge >= 0.3 is 0 Å². The lowest BCUT2D eigenvalue weighted by Crippen LogP contribution is -2.19. The minimum atomic E-state index is -1.86. The minimum Gasteiger partial charge on any atom is -0.294 e. The predicted octanol–water partition coefficient (Wildman–Crippen LogP) is 4.91. The van der Waals surface area contributed by atoms with Crippen molar-refractivity contribution in [2.75, 3.05) is 0 Å². The number of benzene rings is 1. The largest absolute Gasteiger partial charge is 0.294 e. The smallest absolute Gasteiger partial charge is 0.285 e. The van der Waals surface area contributed by atoms with E-state index in [1.807, 2.05) is 0 Å². The minimum absolute atomic E-state index is 0.380. The Labute approximate surface area is 116 Å². The molecule has 0 radical (unpaired) electrons. The normalized spacial score (nSPS) is 12.1. The molecule has 0 amide bonds. The zero-order valence-corrected chi connectivity index (χ0v) is 11.9. The molecule has 0 N–H and O–H groups in total. The van der Waals surface area contributed by atoms with Crippen LogP contribution in [0.2, 0.25) is 5.02 Å². The van der Waals surface area contributed by atoms with Crippen LogP contribution >= 0.6 is 50.7 Å². The molecule has 0 heterocycles. The number of alkyl halides is 2. The van der Waals surface area contributed by atoms with Crippen LogP contribution in [0.5, 0.6) is 0 Å². The summed E-state index contributed by atoms with van der Waals surface area (Å²) < 4.78 is -1.05. The first-order valence-corrected chi connectivity index (χ1v) is 6.02. The van der Waals surface area contributed by atoms with Crippen LogP contribution in [-0.4, -0.2) is 10.2 Å². The third-order valence-corrected chi connectivity index (χ3v) is 3.10. The van der Waals surface area contributed by atoms with E-state index < -0.39 is 10.2 Å². The van der Waals surface area contributed by atoms with Crippen LogP contribution in [0.15, 0.2) is 32.9 Å². The van der Waals surface area contributed by atoms with E-state index in [2.05, 4.69) is 26.2 Å². The van der Waals surface area contributed by atoms with Crippen LogP contribution in [0, 0.1) is 0 Å². The van der Waals surface area contributed by atoms with Crippen molar-refractivity contribution >= 4 is 62.2 Å². The van der Waals surface area contributed by atoms with Crippen molar-refractivity contribution < 1.29 is 4.79 Å². The van der Waals surface area contributed by atoms with Crippen molar-refractivity contribution in [3.63, 3.8) is 0 Å². The number of rotatable bonds is 3. The molecule has 86 valence electrons. The van der Waals surface area contributed by atoms with Gasteiger partial charge in [-0.1, -0.05) is 50.7 Å². The zero-order chi connectivity index (χ0) is 12.3. The molecule has 0 aliphatic heterocycles. The molecule has 0 fully saturated rings. The first-order valence-electron chi connectivity index (χ1n) is 4.10. The molecule has 1 aromatic rings. The van der Waals surface area contributed by atoms with Crippen molar-refractivity contribution in [1.82, 2.24) is 0 Å². The van der Waals surface area contributed by atoms with E-state index >= 15 is 0 Å². The van der Waals surface area contributed by atoms with Crippen LogP contribution in [0.1, 0.15) is 6.92 Å². The average Bonchev–Trinajstić information content (AvgIpc) is 2.16. The van der Waals surface area contributed by atoms with Gasteiger partial charge in [-0.3, -0.25) is 4.79 Å². The number of hydrogen-bond acceptors (Lipinski definition) is 3. The van der Waals surface area contributed by atoms with Crippen LogP contribution < -0.4 is 0 Å². The third kappa shape index (κ3) is 3.70. The molecule has 1 rings (SSSR count). The maximum Gasteiger partial charge on any atom is 0.285 e. The Kier molecular flexibility index (Phi) is 4.73. The molecule has 3 nitrogen and oxygen atoms in total. The molecule has 0 aliphatic carbocycles. The summed E-state index contributed by atoms with van der Waals surface area (Å²) >= 11 is 20.3. The maximum absolute atomic E-state index is 11.0. The van der Waals surface area contributed by atoms with E-state index in [9.17, 15) is 4.79 Å². The van der Waals surface area contributed by atoms with Crippen molar-refractivity contribution in [2.24, 2.45) is 10.2 Å². The van der Waals surface area contributed by atoms with Gasteiger partial charge in [0.15, 0.2) is 5.78 Å². The summed E-state index contributed by atoms with van der Waals surface area (Å²) in [5.41, 5.74) is 0.386. The highest BCUT2D eigenvalue weighted by Crippen LogP contribution is 2.31. The first kappa shape index (κ1) is 13.9. The molecular weight excluding hydrogens is 338 g/mol. The monoisotopic (exact) mass is 342 g/mol. The second-order valence-electron chi connectivity index (χ2n) is 2.89. The van der Waals surface area contributed by atoms with Gasteiger partial charge < -0.3 is 0 Å². The fourth-order valence-corrected chi connectivity index (χ4v) is 1.54. The number of Topliss-reactive ketones (excluding diaryl/α,β-unsaturated/α-hetero) is 1. The topological polar surface area (TPSA) is 41.8 Å². The molecule has 0 aromatic heterocycles. The Balaban J connectivity index is 2.97. The molecule has 0 saturated heterocycles. The number of hydrogen-bond donors (Lipinski definition) is 0. The number of nitrogens with zero attached hydrogens (tertiary/aromatic N) is 2. The predicted molar refractivity (Wildman–Crippen MR) is 68.8 cm³/mol. The Hall–Kier alpha value is -0.160. The number of carbonyl (C=O) groups is 1. The van der Waals surface area contributed by atoms with Crippen LogP contribution in [-0.2, 0) is 4.79 Å². The van der Waals surface area contributed by atoms with Gasteiger partial charge in [-0.25, -0.2) is 0 Å². The van der Waals surface area contributed by atoms with Crippen LogP contribution in [0.4, 0.5) is 5.69 Å². The molecule has 0 spiro atoms. The van der Waals surface area contributed by atoms with E-state index in [4.69, 9.17) is 34.8 Å². The molecule has 0 atom stereocenters. The fourth-order valence-electron chi connectivity index (χ4n) is 0.749. The third-order valence-electron chi connectivity index (χ3n) is 1.62. The average molecular weight is 344 g/mol. The fraction of sp³-hybridized carbons (Fsp3) is 0.222. The van der Waals surface area contributed by atoms with Gasteiger partial charge in [0.1, 0.15) is 5.69 Å². The summed E-state index contributed by atoms with van der Waals surface area (Å²) in [6.45, 7) is 1.22. The molecular formula is C9H6BrCl3N2O. The van der Waals surface area contributed by atoms with E-state index in [0.29, 0.717) is 10.7 Å². The van der Waals surface area contributed by atoms with Crippen molar-refractivity contribution in [1.29, 1.82) is 0 Å². The lowest BCUT2D eigenvalue weighted by molar-refractivity contribution is -0.117. The van der Waals surface area contributed by atoms with Gasteiger partial charge in [0.2, 0.25) is 0 Å². The molecule has 0 unspecified atom stereocenters. The summed E-state index contributed by atoms with van der Waals surface area (Å²) in [7, 11) is 0. The van der Waals surface area contributed by atoms with E-state index in [0.717, 1.165) is 4.47 Å². The van der Waals surface area contributed by atoms with Crippen molar-refractivity contribution in [3.05, 3.63) is 27.7 Å². The van der Waals surface area contributed by atoms with Gasteiger partial charge in [0, 0.05) is 4.47 Å². The molecule has 0 saturated carbocycles. The Morgan fingerprint density at radius 1 is 1.44 bits per heavy atom. The lowest BCUT2D eigenvalue weighted by atomic mass is 10.3. The van der Waals surface area contributed by atoms with Crippen molar-refractivity contribution in [3.8, 4) is 0 Å². The summed E-state index contributed by atoms with van der Waals surface area (Å²) in [4.78, 5) is 11.0. The Morgan fingerprint density at radius 3 is 2.56 bits per heavy atom. The highest BCUT2D eigenvalue weighted by atomic mass is 79.9. The first-order chi connectivity index (χ1) is 7.33. The van der Waals surface area contributed by atoms with E-state index in [-0.39, 0.29) is 0 Å². The van der Waals surface area contributed by atoms with Gasteiger partial charge in [0.05, 0.1) is 5.02 Å². The van der Waals surface area contributed by atoms with Gasteiger partial charge in [-0.05, 0) is 25.1 Å². The standard InChI is InChI=1S/C9H6BrCl3N2O/c1-5(16)9(12,13)15-14-8-3-2-6(10)4-7(8)11/h2-4H,1H3/b15-14+. The molecule has 0 bridgehead atoms. The number of halogens is 4. The quantitative estimate of drug-likeness (QED) is 0.436. The Bertz CT molecular complexity index is 448. The summed E-state index contributed by atoms with van der Waals surface area (Å²) in [5.74, 6) is -0.507. The molecule has 0 aliphatic rings. The SMILES string of the molecule is CC(=O)C(Cl)(Cl)/N=N/c1ccc(Br)cc1Cl. The maximum atomic E-state index is 11.0. The second-order valence-corrected chi connectivity index (χ2v) is 5.50. The van der Waals surface area contributed by atoms with Gasteiger partial charge in [0.25, 0.3) is 4.46 Å². The number of azo groups is 1. The highest BCUT2D eigenvalue weighted by Gasteiger charge is 2.29.